The van der Waals surface area contributed by atoms with Crippen molar-refractivity contribution in [1.29, 1.82) is 0 Å². The number of unbranched alkanes of at least 4 members (excludes halogenated alkanes) is 3. The average molecular weight is 301 g/mol. The van der Waals surface area contributed by atoms with Crippen LogP contribution in [0.3, 0.4) is 0 Å². The summed E-state index contributed by atoms with van der Waals surface area (Å²) in [5, 5.41) is 3.73. The summed E-state index contributed by atoms with van der Waals surface area (Å²) >= 11 is 1.98. The van der Waals surface area contributed by atoms with Crippen molar-refractivity contribution < 1.29 is 0 Å². The molecule has 1 fully saturated rings. The minimum atomic E-state index is 0.739. The molecule has 20 heavy (non-hydrogen) atoms. The number of hydrogen-bond donors (Lipinski definition) is 1. The maximum absolute atomic E-state index is 3.73. The summed E-state index contributed by atoms with van der Waals surface area (Å²) in [6, 6.07) is 1.48. The third-order valence-corrected chi connectivity index (χ3v) is 5.60. The minimum Gasteiger partial charge on any atom is -0.314 e. The summed E-state index contributed by atoms with van der Waals surface area (Å²) in [6.07, 6.45) is 10.4. The summed E-state index contributed by atoms with van der Waals surface area (Å²) in [5.41, 5.74) is 0. The van der Waals surface area contributed by atoms with Crippen molar-refractivity contribution >= 4 is 11.8 Å². The van der Waals surface area contributed by atoms with Gasteiger partial charge < -0.3 is 10.2 Å². The van der Waals surface area contributed by atoms with Gasteiger partial charge in [-0.15, -0.1) is 0 Å². The largest absolute Gasteiger partial charge is 0.314 e. The molecule has 0 radical (unpaired) electrons. The predicted molar refractivity (Wildman–Crippen MR) is 93.7 cm³/mol. The van der Waals surface area contributed by atoms with Gasteiger partial charge in [0.05, 0.1) is 0 Å². The maximum atomic E-state index is 3.73. The number of piperidine rings is 1. The Morgan fingerprint density at radius 2 is 1.90 bits per heavy atom. The zero-order chi connectivity index (χ0) is 14.8. The van der Waals surface area contributed by atoms with E-state index >= 15 is 0 Å². The van der Waals surface area contributed by atoms with Crippen molar-refractivity contribution in [1.82, 2.24) is 10.2 Å². The second kappa shape index (κ2) is 10.9. The van der Waals surface area contributed by atoms with E-state index < -0.39 is 0 Å². The second-order valence-electron chi connectivity index (χ2n) is 6.39. The zero-order valence-corrected chi connectivity index (χ0v) is 15.0. The van der Waals surface area contributed by atoms with Crippen LogP contribution in [-0.4, -0.2) is 48.6 Å². The van der Waals surface area contributed by atoms with Crippen LogP contribution in [0.15, 0.2) is 0 Å². The standard InChI is InChI=1S/C17H36N2S/c1-5-11-18-17-10-13-19(16(3)15(17)2)12-8-6-7-9-14-20-4/h15-18H,5-14H2,1-4H3. The van der Waals surface area contributed by atoms with Crippen LogP contribution >= 0.6 is 11.8 Å². The number of thioether (sulfide) groups is 1. The van der Waals surface area contributed by atoms with Gasteiger partial charge in [-0.3, -0.25) is 0 Å². The Labute approximate surface area is 131 Å². The molecule has 0 aliphatic carbocycles. The molecule has 3 heteroatoms. The van der Waals surface area contributed by atoms with E-state index in [1.807, 2.05) is 11.8 Å². The van der Waals surface area contributed by atoms with Crippen LogP contribution in [0.4, 0.5) is 0 Å². The Kier molecular flexibility index (Phi) is 10.0. The van der Waals surface area contributed by atoms with Gasteiger partial charge in [-0.1, -0.05) is 26.7 Å². The molecule has 1 N–H and O–H groups in total. The fraction of sp³-hybridized carbons (Fsp3) is 1.00. The van der Waals surface area contributed by atoms with Crippen molar-refractivity contribution in [3.8, 4) is 0 Å². The van der Waals surface area contributed by atoms with Gasteiger partial charge in [0.15, 0.2) is 0 Å². The third kappa shape index (κ3) is 6.36. The molecule has 0 amide bonds. The van der Waals surface area contributed by atoms with E-state index in [1.54, 1.807) is 0 Å². The molecule has 2 nitrogen and oxygen atoms in total. The summed E-state index contributed by atoms with van der Waals surface area (Å²) in [5.74, 6) is 2.12. The van der Waals surface area contributed by atoms with Crippen LogP contribution in [0.5, 0.6) is 0 Å². The molecular formula is C17H36N2S. The fourth-order valence-corrected chi connectivity index (χ4v) is 3.78. The average Bonchev–Trinajstić information content (AvgIpc) is 2.46. The summed E-state index contributed by atoms with van der Waals surface area (Å²) < 4.78 is 0. The van der Waals surface area contributed by atoms with E-state index in [-0.39, 0.29) is 0 Å². The molecule has 0 aromatic carbocycles. The smallest absolute Gasteiger partial charge is 0.0120 e. The first-order valence-corrected chi connectivity index (χ1v) is 10.1. The lowest BCUT2D eigenvalue weighted by Crippen LogP contribution is -2.53. The van der Waals surface area contributed by atoms with Crippen molar-refractivity contribution in [3.63, 3.8) is 0 Å². The second-order valence-corrected chi connectivity index (χ2v) is 7.38. The van der Waals surface area contributed by atoms with E-state index in [0.29, 0.717) is 0 Å². The number of likely N-dealkylation sites (tertiary alicyclic amines) is 1. The molecule has 0 aromatic heterocycles. The van der Waals surface area contributed by atoms with Gasteiger partial charge in [0, 0.05) is 12.1 Å². The summed E-state index contributed by atoms with van der Waals surface area (Å²) in [7, 11) is 0. The number of nitrogens with one attached hydrogen (secondary N) is 1. The molecule has 1 rings (SSSR count). The van der Waals surface area contributed by atoms with Gasteiger partial charge >= 0.3 is 0 Å². The first-order chi connectivity index (χ1) is 9.70. The van der Waals surface area contributed by atoms with Crippen molar-refractivity contribution in [2.45, 2.75) is 71.4 Å². The highest BCUT2D eigenvalue weighted by Crippen LogP contribution is 2.24. The molecule has 3 unspecified atom stereocenters. The Morgan fingerprint density at radius 1 is 1.15 bits per heavy atom. The molecule has 3 atom stereocenters. The maximum Gasteiger partial charge on any atom is 0.0120 e. The first kappa shape index (κ1) is 18.3. The Balaban J connectivity index is 2.18. The predicted octanol–water partition coefficient (Wildman–Crippen LogP) is 4.01. The van der Waals surface area contributed by atoms with Gasteiger partial charge in [-0.25, -0.2) is 0 Å². The molecule has 1 aliphatic heterocycles. The molecule has 1 heterocycles. The Hall–Kier alpha value is 0.270. The summed E-state index contributed by atoms with van der Waals surface area (Å²) in [4.78, 5) is 2.73. The lowest BCUT2D eigenvalue weighted by atomic mass is 9.86. The number of nitrogens with zero attached hydrogens (tertiary/aromatic N) is 1. The topological polar surface area (TPSA) is 15.3 Å². The van der Waals surface area contributed by atoms with Crippen molar-refractivity contribution in [2.24, 2.45) is 5.92 Å². The molecule has 0 saturated carbocycles. The van der Waals surface area contributed by atoms with E-state index in [2.05, 4.69) is 37.2 Å². The van der Waals surface area contributed by atoms with Gasteiger partial charge in [-0.05, 0) is 70.2 Å². The normalized spacial score (nSPS) is 27.9. The highest BCUT2D eigenvalue weighted by molar-refractivity contribution is 7.98. The van der Waals surface area contributed by atoms with Crippen LogP contribution < -0.4 is 5.32 Å². The SMILES string of the molecule is CCCNC1CCN(CCCCCCSC)C(C)C1C. The molecule has 0 aromatic rings. The van der Waals surface area contributed by atoms with Gasteiger partial charge in [0.1, 0.15) is 0 Å². The lowest BCUT2D eigenvalue weighted by molar-refractivity contribution is 0.0833. The van der Waals surface area contributed by atoms with E-state index in [9.17, 15) is 0 Å². The van der Waals surface area contributed by atoms with Crippen LogP contribution in [0.1, 0.15) is 59.3 Å². The van der Waals surface area contributed by atoms with Crippen LogP contribution in [0.25, 0.3) is 0 Å². The highest BCUT2D eigenvalue weighted by Gasteiger charge is 2.31. The van der Waals surface area contributed by atoms with Gasteiger partial charge in [0.25, 0.3) is 0 Å². The van der Waals surface area contributed by atoms with Crippen molar-refractivity contribution in [2.75, 3.05) is 31.6 Å². The van der Waals surface area contributed by atoms with Gasteiger partial charge in [-0.2, -0.15) is 11.8 Å². The van der Waals surface area contributed by atoms with Crippen LogP contribution in [0, 0.1) is 5.92 Å². The quantitative estimate of drug-likeness (QED) is 0.614. The van der Waals surface area contributed by atoms with E-state index in [0.717, 1.165) is 18.0 Å². The van der Waals surface area contributed by atoms with E-state index in [4.69, 9.17) is 0 Å². The molecular weight excluding hydrogens is 264 g/mol. The fourth-order valence-electron chi connectivity index (χ4n) is 3.29. The molecule has 1 saturated heterocycles. The molecule has 1 aliphatic rings. The molecule has 0 spiro atoms. The molecule has 120 valence electrons. The highest BCUT2D eigenvalue weighted by atomic mass is 32.2. The number of rotatable bonds is 10. The Morgan fingerprint density at radius 3 is 2.60 bits per heavy atom. The zero-order valence-electron chi connectivity index (χ0n) is 14.2. The van der Waals surface area contributed by atoms with Crippen LogP contribution in [-0.2, 0) is 0 Å². The molecule has 0 bridgehead atoms. The van der Waals surface area contributed by atoms with E-state index in [1.165, 1.54) is 63.9 Å². The minimum absolute atomic E-state index is 0.739. The Bertz CT molecular complexity index is 235. The first-order valence-electron chi connectivity index (χ1n) is 8.67. The number of hydrogen-bond acceptors (Lipinski definition) is 3. The van der Waals surface area contributed by atoms with Crippen LogP contribution in [0.2, 0.25) is 0 Å². The third-order valence-electron chi connectivity index (χ3n) is 4.90. The monoisotopic (exact) mass is 300 g/mol. The lowest BCUT2D eigenvalue weighted by Gasteiger charge is -2.43. The summed E-state index contributed by atoms with van der Waals surface area (Å²) in [6.45, 7) is 10.9. The van der Waals surface area contributed by atoms with Crippen molar-refractivity contribution in [3.05, 3.63) is 0 Å². The van der Waals surface area contributed by atoms with Gasteiger partial charge in [0.2, 0.25) is 0 Å².